The number of hydrogen-bond donors (Lipinski definition) is 1. The van der Waals surface area contributed by atoms with Gasteiger partial charge in [0, 0.05) is 30.9 Å². The van der Waals surface area contributed by atoms with Gasteiger partial charge >= 0.3 is 0 Å². The van der Waals surface area contributed by atoms with E-state index >= 15 is 0 Å². The van der Waals surface area contributed by atoms with E-state index in [1.165, 1.54) is 0 Å². The van der Waals surface area contributed by atoms with Crippen molar-refractivity contribution in [1.82, 2.24) is 19.7 Å². The Labute approximate surface area is 103 Å². The first-order valence-corrected chi connectivity index (χ1v) is 5.41. The number of nitrogens with two attached hydrogens (primary N) is 1. The van der Waals surface area contributed by atoms with E-state index in [1.807, 2.05) is 23.2 Å². The van der Waals surface area contributed by atoms with Crippen molar-refractivity contribution in [3.05, 3.63) is 36.8 Å². The highest BCUT2D eigenvalue weighted by Crippen LogP contribution is 2.15. The largest absolute Gasteiger partial charge is 0.383 e. The zero-order valence-electron chi connectivity index (χ0n) is 9.51. The number of nitrogen functional groups attached to an aromatic ring is 1. The molecule has 0 amide bonds. The van der Waals surface area contributed by atoms with E-state index in [0.29, 0.717) is 24.3 Å². The number of rotatable bonds is 2. The Morgan fingerprint density at radius 3 is 2.94 bits per heavy atom. The zero-order valence-corrected chi connectivity index (χ0v) is 9.51. The van der Waals surface area contributed by atoms with Gasteiger partial charge in [0.15, 0.2) is 5.82 Å². The molecule has 1 aliphatic heterocycles. The molecule has 2 aromatic heterocycles. The molecular weight excluding hydrogens is 230 g/mol. The van der Waals surface area contributed by atoms with Gasteiger partial charge in [0.1, 0.15) is 12.5 Å². The fourth-order valence-electron chi connectivity index (χ4n) is 1.61. The van der Waals surface area contributed by atoms with Crippen LogP contribution in [0.1, 0.15) is 0 Å². The summed E-state index contributed by atoms with van der Waals surface area (Å²) >= 11 is 0. The van der Waals surface area contributed by atoms with Crippen LogP contribution in [0.15, 0.2) is 41.8 Å². The highest BCUT2D eigenvalue weighted by atomic mass is 15.3. The second kappa shape index (κ2) is 4.28. The van der Waals surface area contributed by atoms with Crippen LogP contribution in [0.2, 0.25) is 0 Å². The smallest absolute Gasteiger partial charge is 0.235 e. The summed E-state index contributed by atoms with van der Waals surface area (Å²) in [7, 11) is 0. The molecule has 7 heteroatoms. The minimum atomic E-state index is 0.397. The molecule has 2 N–H and O–H groups in total. The van der Waals surface area contributed by atoms with Gasteiger partial charge in [-0.3, -0.25) is 9.89 Å². The molecule has 0 radical (unpaired) electrons. The molecule has 1 aliphatic rings. The molecule has 2 aromatic rings. The van der Waals surface area contributed by atoms with Crippen molar-refractivity contribution in [3.63, 3.8) is 0 Å². The molecule has 7 nitrogen and oxygen atoms in total. The Hall–Kier alpha value is -2.70. The number of allylic oxidation sites excluding steroid dienone is 1. The lowest BCUT2D eigenvalue weighted by Gasteiger charge is -2.18. The zero-order chi connectivity index (χ0) is 12.4. The van der Waals surface area contributed by atoms with Gasteiger partial charge in [-0.15, -0.1) is 0 Å². The van der Waals surface area contributed by atoms with E-state index in [0.717, 1.165) is 0 Å². The summed E-state index contributed by atoms with van der Waals surface area (Å²) in [6.45, 7) is 0.485. The minimum absolute atomic E-state index is 0.397. The van der Waals surface area contributed by atoms with E-state index in [9.17, 15) is 0 Å². The first kappa shape index (κ1) is 10.5. The van der Waals surface area contributed by atoms with E-state index in [2.05, 4.69) is 20.1 Å². The van der Waals surface area contributed by atoms with Gasteiger partial charge in [-0.1, -0.05) is 0 Å². The van der Waals surface area contributed by atoms with Crippen LogP contribution in [0.5, 0.6) is 0 Å². The van der Waals surface area contributed by atoms with Gasteiger partial charge in [0.2, 0.25) is 5.95 Å². The maximum Gasteiger partial charge on any atom is 0.235 e. The molecule has 0 unspecified atom stereocenters. The molecule has 0 atom stereocenters. The first-order chi connectivity index (χ1) is 8.83. The topological polar surface area (TPSA) is 85.2 Å². The summed E-state index contributed by atoms with van der Waals surface area (Å²) in [5.41, 5.74) is 5.79. The molecule has 0 aromatic carbocycles. The average Bonchev–Trinajstić information content (AvgIpc) is 2.93. The normalized spacial score (nSPS) is 14.1. The van der Waals surface area contributed by atoms with Crippen molar-refractivity contribution >= 4 is 18.0 Å². The summed E-state index contributed by atoms with van der Waals surface area (Å²) in [6.07, 6.45) is 8.90. The third kappa shape index (κ3) is 1.93. The summed E-state index contributed by atoms with van der Waals surface area (Å²) in [4.78, 5) is 14.5. The highest BCUT2D eigenvalue weighted by Gasteiger charge is 2.11. The molecule has 3 heterocycles. The van der Waals surface area contributed by atoms with Crippen molar-refractivity contribution in [3.8, 4) is 5.82 Å². The van der Waals surface area contributed by atoms with Crippen LogP contribution in [-0.4, -0.2) is 32.6 Å². The fourth-order valence-corrected chi connectivity index (χ4v) is 1.61. The van der Waals surface area contributed by atoms with Gasteiger partial charge in [-0.25, -0.2) is 4.68 Å². The van der Waals surface area contributed by atoms with Crippen molar-refractivity contribution < 1.29 is 0 Å². The number of anilines is 2. The van der Waals surface area contributed by atoms with Crippen LogP contribution in [0.4, 0.5) is 11.8 Å². The molecule has 18 heavy (non-hydrogen) atoms. The number of aromatic nitrogens is 4. The lowest BCUT2D eigenvalue weighted by atomic mass is 10.5. The molecule has 0 aliphatic carbocycles. The van der Waals surface area contributed by atoms with Gasteiger partial charge in [-0.05, 0) is 12.1 Å². The second-order valence-electron chi connectivity index (χ2n) is 3.69. The van der Waals surface area contributed by atoms with Crippen LogP contribution < -0.4 is 10.6 Å². The van der Waals surface area contributed by atoms with Gasteiger partial charge < -0.3 is 5.73 Å². The third-order valence-electron chi connectivity index (χ3n) is 2.41. The highest BCUT2D eigenvalue weighted by molar-refractivity contribution is 5.73. The maximum atomic E-state index is 5.79. The lowest BCUT2D eigenvalue weighted by molar-refractivity contribution is 0.825. The molecule has 0 saturated heterocycles. The molecule has 3 rings (SSSR count). The van der Waals surface area contributed by atoms with Crippen LogP contribution in [-0.2, 0) is 0 Å². The number of aliphatic imine (C=N–C) groups is 1. The fraction of sp³-hybridized carbons (Fsp3) is 0.0909. The van der Waals surface area contributed by atoms with Gasteiger partial charge in [0.25, 0.3) is 0 Å². The Morgan fingerprint density at radius 2 is 2.22 bits per heavy atom. The molecule has 0 spiro atoms. The van der Waals surface area contributed by atoms with Crippen molar-refractivity contribution in [2.45, 2.75) is 0 Å². The summed E-state index contributed by atoms with van der Waals surface area (Å²) < 4.78 is 1.64. The van der Waals surface area contributed by atoms with Crippen molar-refractivity contribution in [2.24, 2.45) is 4.99 Å². The Balaban J connectivity index is 2.01. The molecular formula is C11H11N7. The molecule has 90 valence electrons. The van der Waals surface area contributed by atoms with Crippen molar-refractivity contribution in [1.29, 1.82) is 0 Å². The van der Waals surface area contributed by atoms with Gasteiger partial charge in [-0.2, -0.15) is 15.1 Å². The summed E-state index contributed by atoms with van der Waals surface area (Å²) in [5.74, 6) is 1.53. The van der Waals surface area contributed by atoms with Crippen LogP contribution in [0.3, 0.4) is 0 Å². The monoisotopic (exact) mass is 241 g/mol. The molecule has 0 fully saturated rings. The Kier molecular flexibility index (Phi) is 2.49. The van der Waals surface area contributed by atoms with E-state index < -0.39 is 0 Å². The Bertz CT molecular complexity index is 600. The van der Waals surface area contributed by atoms with Crippen LogP contribution in [0.25, 0.3) is 5.82 Å². The second-order valence-corrected chi connectivity index (χ2v) is 3.69. The van der Waals surface area contributed by atoms with E-state index in [-0.39, 0.29) is 0 Å². The SMILES string of the molecule is Nc1cc(-n2cccn2)nc(N2C=CC=NC2)n1. The Morgan fingerprint density at radius 1 is 1.28 bits per heavy atom. The summed E-state index contributed by atoms with van der Waals surface area (Å²) in [5, 5.41) is 4.12. The average molecular weight is 241 g/mol. The van der Waals surface area contributed by atoms with Crippen LogP contribution >= 0.6 is 0 Å². The standard InChI is InChI=1S/C11H11N7/c12-9-7-10(18-6-2-4-14-18)16-11(15-9)17-5-1-3-13-8-17/h1-7H,8H2,(H2,12,15,16). The molecule has 0 saturated carbocycles. The molecule has 0 bridgehead atoms. The third-order valence-corrected chi connectivity index (χ3v) is 2.41. The van der Waals surface area contributed by atoms with Gasteiger partial charge in [0.05, 0.1) is 0 Å². The number of nitrogens with zero attached hydrogens (tertiary/aromatic N) is 6. The summed E-state index contributed by atoms with van der Waals surface area (Å²) in [6, 6.07) is 3.50. The number of hydrogen-bond acceptors (Lipinski definition) is 6. The van der Waals surface area contributed by atoms with E-state index in [4.69, 9.17) is 5.73 Å². The predicted octanol–water partition coefficient (Wildman–Crippen LogP) is 0.606. The van der Waals surface area contributed by atoms with Crippen molar-refractivity contribution in [2.75, 3.05) is 17.3 Å². The lowest BCUT2D eigenvalue weighted by Crippen LogP contribution is -2.22. The first-order valence-electron chi connectivity index (χ1n) is 5.41. The quantitative estimate of drug-likeness (QED) is 0.832. The minimum Gasteiger partial charge on any atom is -0.383 e. The van der Waals surface area contributed by atoms with E-state index in [1.54, 1.807) is 29.4 Å². The maximum absolute atomic E-state index is 5.79. The predicted molar refractivity (Wildman–Crippen MR) is 68.5 cm³/mol. The van der Waals surface area contributed by atoms with Crippen LogP contribution in [0, 0.1) is 0 Å².